The van der Waals surface area contributed by atoms with Gasteiger partial charge in [-0.25, -0.2) is 0 Å². The fourth-order valence-electron chi connectivity index (χ4n) is 1.55. The van der Waals surface area contributed by atoms with E-state index in [1.165, 1.54) is 0 Å². The van der Waals surface area contributed by atoms with Crippen molar-refractivity contribution in [3.8, 4) is 0 Å². The van der Waals surface area contributed by atoms with Gasteiger partial charge in [0.05, 0.1) is 5.75 Å². The van der Waals surface area contributed by atoms with Crippen LogP contribution in [0.4, 0.5) is 0 Å². The van der Waals surface area contributed by atoms with Crippen molar-refractivity contribution >= 4 is 28.4 Å². The number of carbonyl (C=O) groups is 2. The van der Waals surface area contributed by atoms with Crippen molar-refractivity contribution < 1.29 is 14.7 Å². The average molecular weight is 234 g/mol. The molecule has 0 atom stereocenters. The van der Waals surface area contributed by atoms with Crippen LogP contribution in [-0.4, -0.2) is 21.8 Å². The van der Waals surface area contributed by atoms with Crippen molar-refractivity contribution in [2.75, 3.05) is 5.75 Å². The number of rotatable bonds is 1. The van der Waals surface area contributed by atoms with Gasteiger partial charge in [-0.1, -0.05) is 35.5 Å². The Morgan fingerprint density at radius 2 is 2.12 bits per heavy atom. The summed E-state index contributed by atoms with van der Waals surface area (Å²) in [6.07, 6.45) is 0. The summed E-state index contributed by atoms with van der Waals surface area (Å²) in [4.78, 5) is 22.8. The minimum Gasteiger partial charge on any atom is -0.506 e. The largest absolute Gasteiger partial charge is 0.506 e. The lowest BCUT2D eigenvalue weighted by Gasteiger charge is -2.03. The van der Waals surface area contributed by atoms with Crippen molar-refractivity contribution in [3.63, 3.8) is 0 Å². The van der Waals surface area contributed by atoms with Crippen LogP contribution in [0.3, 0.4) is 0 Å². The topological polar surface area (TPSA) is 54.4 Å². The fourth-order valence-corrected chi connectivity index (χ4v) is 2.32. The predicted molar refractivity (Wildman–Crippen MR) is 63.2 cm³/mol. The van der Waals surface area contributed by atoms with Gasteiger partial charge in [-0.05, 0) is 13.0 Å². The molecule has 16 heavy (non-hydrogen) atoms. The van der Waals surface area contributed by atoms with E-state index in [4.69, 9.17) is 0 Å². The first kappa shape index (κ1) is 11.0. The molecular formula is C12H10O3S. The summed E-state index contributed by atoms with van der Waals surface area (Å²) in [5, 5.41) is 9.57. The van der Waals surface area contributed by atoms with Gasteiger partial charge in [0.1, 0.15) is 11.3 Å². The van der Waals surface area contributed by atoms with E-state index in [9.17, 15) is 14.7 Å². The summed E-state index contributed by atoms with van der Waals surface area (Å²) in [6.45, 7) is 1.88. The molecule has 1 aromatic carbocycles. The molecular weight excluding hydrogens is 224 g/mol. The Labute approximate surface area is 97.2 Å². The smallest absolute Gasteiger partial charge is 0.227 e. The van der Waals surface area contributed by atoms with Gasteiger partial charge in [0, 0.05) is 5.56 Å². The summed E-state index contributed by atoms with van der Waals surface area (Å²) in [5.74, 6) is -0.373. The summed E-state index contributed by atoms with van der Waals surface area (Å²) in [6, 6.07) is 7.08. The minimum absolute atomic E-state index is 0.0735. The molecule has 0 aliphatic carbocycles. The zero-order valence-corrected chi connectivity index (χ0v) is 9.50. The van der Waals surface area contributed by atoms with E-state index in [1.54, 1.807) is 18.2 Å². The Morgan fingerprint density at radius 3 is 2.69 bits per heavy atom. The number of aliphatic hydroxyl groups is 1. The molecule has 0 spiro atoms. The fraction of sp³-hybridized carbons (Fsp3) is 0.167. The molecule has 1 saturated heterocycles. The van der Waals surface area contributed by atoms with Gasteiger partial charge in [-0.15, -0.1) is 0 Å². The molecule has 3 nitrogen and oxygen atoms in total. The molecule has 0 radical (unpaired) electrons. The molecule has 0 saturated carbocycles. The highest BCUT2D eigenvalue weighted by atomic mass is 32.2. The van der Waals surface area contributed by atoms with E-state index < -0.39 is 0 Å². The van der Waals surface area contributed by atoms with Crippen molar-refractivity contribution in [2.24, 2.45) is 0 Å². The first-order valence-electron chi connectivity index (χ1n) is 4.80. The standard InChI is InChI=1S/C12H10O3S/c1-7-3-2-4-8(5-7)11(14)10-9(13)6-16-12(10)15/h2-5,14H,6H2,1H3/b11-10+. The first-order chi connectivity index (χ1) is 7.59. The number of hydrogen-bond acceptors (Lipinski definition) is 4. The Morgan fingerprint density at radius 1 is 1.38 bits per heavy atom. The SMILES string of the molecule is Cc1cccc(/C(O)=C2/C(=O)CSC2=O)c1. The van der Waals surface area contributed by atoms with E-state index in [0.29, 0.717) is 5.56 Å². The molecule has 4 heteroatoms. The van der Waals surface area contributed by atoms with Gasteiger partial charge in [-0.3, -0.25) is 9.59 Å². The van der Waals surface area contributed by atoms with Crippen LogP contribution in [0, 0.1) is 6.92 Å². The Hall–Kier alpha value is -1.55. The number of aliphatic hydroxyl groups excluding tert-OH is 1. The van der Waals surface area contributed by atoms with Crippen molar-refractivity contribution in [1.29, 1.82) is 0 Å². The summed E-state index contributed by atoms with van der Waals surface area (Å²) >= 11 is 0.934. The lowest BCUT2D eigenvalue weighted by Crippen LogP contribution is -2.05. The number of aryl methyl sites for hydroxylation is 1. The van der Waals surface area contributed by atoms with E-state index in [0.717, 1.165) is 17.3 Å². The van der Waals surface area contributed by atoms with Crippen LogP contribution in [0.5, 0.6) is 0 Å². The van der Waals surface area contributed by atoms with Gasteiger partial charge < -0.3 is 5.11 Å². The maximum absolute atomic E-state index is 11.4. The molecule has 1 aromatic rings. The number of ketones is 1. The van der Waals surface area contributed by atoms with Crippen LogP contribution >= 0.6 is 11.8 Å². The molecule has 1 aliphatic heterocycles. The number of benzene rings is 1. The van der Waals surface area contributed by atoms with E-state index in [2.05, 4.69) is 0 Å². The second kappa shape index (κ2) is 4.14. The highest BCUT2D eigenvalue weighted by molar-refractivity contribution is 8.15. The van der Waals surface area contributed by atoms with Crippen LogP contribution in [0.25, 0.3) is 5.76 Å². The molecule has 0 aromatic heterocycles. The quantitative estimate of drug-likeness (QED) is 0.459. The molecule has 0 unspecified atom stereocenters. The van der Waals surface area contributed by atoms with Crippen LogP contribution < -0.4 is 0 Å². The third-order valence-electron chi connectivity index (χ3n) is 2.35. The third-order valence-corrected chi connectivity index (χ3v) is 3.22. The highest BCUT2D eigenvalue weighted by Crippen LogP contribution is 2.28. The van der Waals surface area contributed by atoms with Crippen molar-refractivity contribution in [1.82, 2.24) is 0 Å². The summed E-state index contributed by atoms with van der Waals surface area (Å²) in [5.41, 5.74) is 1.41. The Balaban J connectivity index is 2.52. The van der Waals surface area contributed by atoms with E-state index in [-0.39, 0.29) is 28.0 Å². The van der Waals surface area contributed by atoms with Crippen molar-refractivity contribution in [2.45, 2.75) is 6.92 Å². The van der Waals surface area contributed by atoms with Gasteiger partial charge >= 0.3 is 0 Å². The Kier molecular flexibility index (Phi) is 2.83. The molecule has 82 valence electrons. The maximum Gasteiger partial charge on any atom is 0.227 e. The highest BCUT2D eigenvalue weighted by Gasteiger charge is 2.31. The number of hydrogen-bond donors (Lipinski definition) is 1. The molecule has 1 aliphatic rings. The second-order valence-corrected chi connectivity index (χ2v) is 4.54. The molecule has 1 heterocycles. The molecule has 0 bridgehead atoms. The number of Topliss-reactive ketones (excluding diaryl/α,β-unsaturated/α-hetero) is 1. The van der Waals surface area contributed by atoms with Crippen molar-refractivity contribution in [3.05, 3.63) is 41.0 Å². The van der Waals surface area contributed by atoms with Crippen LogP contribution in [0.1, 0.15) is 11.1 Å². The molecule has 1 fully saturated rings. The van der Waals surface area contributed by atoms with Gasteiger partial charge in [0.2, 0.25) is 5.12 Å². The zero-order chi connectivity index (χ0) is 11.7. The predicted octanol–water partition coefficient (Wildman–Crippen LogP) is 2.11. The summed E-state index contributed by atoms with van der Waals surface area (Å²) < 4.78 is 0. The van der Waals surface area contributed by atoms with Crippen LogP contribution in [-0.2, 0) is 9.59 Å². The van der Waals surface area contributed by atoms with Crippen LogP contribution in [0.2, 0.25) is 0 Å². The lowest BCUT2D eigenvalue weighted by atomic mass is 10.0. The third kappa shape index (κ3) is 1.88. The average Bonchev–Trinajstić information content (AvgIpc) is 2.58. The molecule has 2 rings (SSSR count). The first-order valence-corrected chi connectivity index (χ1v) is 5.79. The van der Waals surface area contributed by atoms with Gasteiger partial charge in [0.25, 0.3) is 0 Å². The number of carbonyl (C=O) groups excluding carboxylic acids is 2. The van der Waals surface area contributed by atoms with Gasteiger partial charge in [0.15, 0.2) is 5.78 Å². The van der Waals surface area contributed by atoms with E-state index >= 15 is 0 Å². The normalized spacial score (nSPS) is 19.1. The zero-order valence-electron chi connectivity index (χ0n) is 8.69. The van der Waals surface area contributed by atoms with Crippen LogP contribution in [0.15, 0.2) is 29.8 Å². The van der Waals surface area contributed by atoms with Gasteiger partial charge in [-0.2, -0.15) is 0 Å². The monoisotopic (exact) mass is 234 g/mol. The molecule has 0 amide bonds. The summed E-state index contributed by atoms with van der Waals surface area (Å²) in [7, 11) is 0. The van der Waals surface area contributed by atoms with E-state index in [1.807, 2.05) is 13.0 Å². The minimum atomic E-state index is -0.344. The number of thioether (sulfide) groups is 1. The second-order valence-electron chi connectivity index (χ2n) is 3.59. The molecule has 1 N–H and O–H groups in total. The Bertz CT molecular complexity index is 485. The lowest BCUT2D eigenvalue weighted by molar-refractivity contribution is -0.115. The maximum atomic E-state index is 11.4.